The van der Waals surface area contributed by atoms with Crippen LogP contribution in [0.25, 0.3) is 17.1 Å². The molecule has 0 saturated carbocycles. The Morgan fingerprint density at radius 3 is 2.70 bits per heavy atom. The largest absolute Gasteiger partial charge is 0.361 e. The highest BCUT2D eigenvalue weighted by molar-refractivity contribution is 5.61. The van der Waals surface area contributed by atoms with E-state index in [-0.39, 0.29) is 5.41 Å². The second-order valence-electron chi connectivity index (χ2n) is 8.88. The van der Waals surface area contributed by atoms with Crippen molar-refractivity contribution in [3.8, 4) is 17.1 Å². The molecule has 5 nitrogen and oxygen atoms in total. The average molecular weight is 396 g/mol. The summed E-state index contributed by atoms with van der Waals surface area (Å²) in [5.41, 5.74) is 6.02. The van der Waals surface area contributed by atoms with Gasteiger partial charge in [-0.15, -0.1) is 0 Å². The monoisotopic (exact) mass is 396 g/mol. The summed E-state index contributed by atoms with van der Waals surface area (Å²) in [6, 6.07) is 14.7. The molecule has 3 aromatic heterocycles. The van der Waals surface area contributed by atoms with E-state index >= 15 is 0 Å². The predicted molar refractivity (Wildman–Crippen MR) is 115 cm³/mol. The van der Waals surface area contributed by atoms with E-state index in [2.05, 4.69) is 71.0 Å². The third-order valence-corrected chi connectivity index (χ3v) is 7.23. The quantitative estimate of drug-likeness (QED) is 0.473. The fraction of sp³-hybridized carbons (Fsp3) is 0.320. The van der Waals surface area contributed by atoms with Crippen molar-refractivity contribution in [2.45, 2.75) is 44.4 Å². The lowest BCUT2D eigenvalue weighted by molar-refractivity contribution is 0.171. The molecule has 1 aromatic carbocycles. The molecule has 0 radical (unpaired) electrons. The summed E-state index contributed by atoms with van der Waals surface area (Å²) < 4.78 is 8.00. The van der Waals surface area contributed by atoms with Crippen molar-refractivity contribution in [3.63, 3.8) is 0 Å². The minimum Gasteiger partial charge on any atom is -0.361 e. The van der Waals surface area contributed by atoms with Gasteiger partial charge < -0.3 is 4.52 Å². The summed E-state index contributed by atoms with van der Waals surface area (Å²) in [5, 5.41) is 4.11. The van der Waals surface area contributed by atoms with Crippen LogP contribution in [0.4, 0.5) is 0 Å². The predicted octanol–water partition coefficient (Wildman–Crippen LogP) is 5.10. The van der Waals surface area contributed by atoms with E-state index in [9.17, 15) is 0 Å². The maximum atomic E-state index is 5.64. The Bertz CT molecular complexity index is 1210. The van der Waals surface area contributed by atoms with Gasteiger partial charge in [0.1, 0.15) is 11.6 Å². The number of para-hydroxylation sites is 1. The third kappa shape index (κ3) is 2.38. The summed E-state index contributed by atoms with van der Waals surface area (Å²) in [4.78, 5) is 9.54. The van der Waals surface area contributed by atoms with E-state index in [1.165, 1.54) is 17.0 Å². The highest BCUT2D eigenvalue weighted by atomic mass is 16.5. The van der Waals surface area contributed by atoms with Crippen LogP contribution in [0.3, 0.4) is 0 Å². The third-order valence-electron chi connectivity index (χ3n) is 7.23. The Hall–Kier alpha value is -3.21. The van der Waals surface area contributed by atoms with E-state index in [0.717, 1.165) is 42.1 Å². The molecule has 5 heteroatoms. The average Bonchev–Trinajstić information content (AvgIpc) is 3.40. The first-order valence-electron chi connectivity index (χ1n) is 10.7. The molecule has 3 atom stereocenters. The summed E-state index contributed by atoms with van der Waals surface area (Å²) in [7, 11) is 0. The van der Waals surface area contributed by atoms with Gasteiger partial charge in [-0.05, 0) is 49.4 Å². The molecule has 0 fully saturated rings. The van der Waals surface area contributed by atoms with Crippen LogP contribution >= 0.6 is 0 Å². The molecule has 0 amide bonds. The molecule has 6 rings (SSSR count). The van der Waals surface area contributed by atoms with Crippen LogP contribution in [0.15, 0.2) is 65.6 Å². The molecule has 0 unspecified atom stereocenters. The topological polar surface area (TPSA) is 56.7 Å². The highest BCUT2D eigenvalue weighted by Crippen LogP contribution is 2.54. The molecule has 0 N–H and O–H groups in total. The van der Waals surface area contributed by atoms with Crippen molar-refractivity contribution in [2.75, 3.05) is 0 Å². The highest BCUT2D eigenvalue weighted by Gasteiger charge is 2.51. The number of fused-ring (bicyclic) bond motifs is 4. The Kier molecular flexibility index (Phi) is 3.76. The molecule has 150 valence electrons. The summed E-state index contributed by atoms with van der Waals surface area (Å²) in [6.45, 7) is 4.68. The van der Waals surface area contributed by atoms with E-state index in [1.807, 2.05) is 18.6 Å². The standard InChI is InChI=1S/C25H24N4O/c1-16-20-8-9-21-23(25(20,2)14-18-15-27-30-22(16)18)28-24(17-10-12-26-13-11-17)29(21)19-6-4-3-5-7-19/h3-7,10-13,15-16,20H,8-9,14H2,1-2H3/t16-,20-,25-/m0/s1. The molecule has 30 heavy (non-hydrogen) atoms. The van der Waals surface area contributed by atoms with Gasteiger partial charge in [0.2, 0.25) is 0 Å². The van der Waals surface area contributed by atoms with Crippen LogP contribution < -0.4 is 0 Å². The molecule has 0 saturated heterocycles. The van der Waals surface area contributed by atoms with Gasteiger partial charge in [-0.1, -0.05) is 37.2 Å². The number of benzene rings is 1. The molecule has 4 aromatic rings. The number of rotatable bonds is 2. The molecule has 2 aliphatic carbocycles. The molecular formula is C25H24N4O. The maximum absolute atomic E-state index is 5.64. The van der Waals surface area contributed by atoms with Crippen molar-refractivity contribution >= 4 is 0 Å². The van der Waals surface area contributed by atoms with Gasteiger partial charge in [0.15, 0.2) is 0 Å². The van der Waals surface area contributed by atoms with Crippen molar-refractivity contribution in [1.29, 1.82) is 0 Å². The summed E-state index contributed by atoms with van der Waals surface area (Å²) >= 11 is 0. The molecule has 0 aliphatic heterocycles. The zero-order valence-corrected chi connectivity index (χ0v) is 17.2. The van der Waals surface area contributed by atoms with Crippen LogP contribution in [-0.4, -0.2) is 19.7 Å². The molecular weight excluding hydrogens is 372 g/mol. The Balaban J connectivity index is 1.60. The molecule has 3 heterocycles. The normalized spacial score (nSPS) is 24.7. The van der Waals surface area contributed by atoms with Gasteiger partial charge in [0.25, 0.3) is 0 Å². The molecule has 0 bridgehead atoms. The maximum Gasteiger partial charge on any atom is 0.145 e. The smallest absolute Gasteiger partial charge is 0.145 e. The number of imidazole rings is 1. The van der Waals surface area contributed by atoms with Crippen LogP contribution in [0.2, 0.25) is 0 Å². The van der Waals surface area contributed by atoms with Gasteiger partial charge in [0.05, 0.1) is 11.9 Å². The lowest BCUT2D eigenvalue weighted by atomic mass is 9.57. The Morgan fingerprint density at radius 2 is 1.90 bits per heavy atom. The zero-order valence-electron chi connectivity index (χ0n) is 17.2. The Labute approximate surface area is 175 Å². The van der Waals surface area contributed by atoms with Crippen molar-refractivity contribution < 1.29 is 4.52 Å². The first-order chi connectivity index (χ1) is 14.7. The van der Waals surface area contributed by atoms with Gasteiger partial charge in [0, 0.05) is 46.2 Å². The van der Waals surface area contributed by atoms with Gasteiger partial charge in [-0.3, -0.25) is 9.55 Å². The van der Waals surface area contributed by atoms with Crippen LogP contribution in [-0.2, 0) is 18.3 Å². The lowest BCUT2D eigenvalue weighted by Crippen LogP contribution is -2.44. The van der Waals surface area contributed by atoms with Gasteiger partial charge >= 0.3 is 0 Å². The number of hydrogen-bond donors (Lipinski definition) is 0. The van der Waals surface area contributed by atoms with Gasteiger partial charge in [-0.2, -0.15) is 0 Å². The fourth-order valence-corrected chi connectivity index (χ4v) is 5.85. The van der Waals surface area contributed by atoms with Gasteiger partial charge in [-0.25, -0.2) is 4.98 Å². The summed E-state index contributed by atoms with van der Waals surface area (Å²) in [6.07, 6.45) is 8.65. The first-order valence-corrected chi connectivity index (χ1v) is 10.7. The number of hydrogen-bond acceptors (Lipinski definition) is 4. The minimum absolute atomic E-state index is 0.0344. The zero-order chi connectivity index (χ0) is 20.3. The Morgan fingerprint density at radius 1 is 1.10 bits per heavy atom. The van der Waals surface area contributed by atoms with Crippen LogP contribution in [0, 0.1) is 5.92 Å². The molecule has 2 aliphatic rings. The van der Waals surface area contributed by atoms with Crippen molar-refractivity contribution in [1.82, 2.24) is 19.7 Å². The van der Waals surface area contributed by atoms with E-state index in [4.69, 9.17) is 9.51 Å². The van der Waals surface area contributed by atoms with Crippen molar-refractivity contribution in [2.24, 2.45) is 5.92 Å². The fourth-order valence-electron chi connectivity index (χ4n) is 5.85. The number of nitrogens with zero attached hydrogens (tertiary/aromatic N) is 4. The van der Waals surface area contributed by atoms with E-state index in [0.29, 0.717) is 11.8 Å². The van der Waals surface area contributed by atoms with E-state index in [1.54, 1.807) is 0 Å². The minimum atomic E-state index is -0.0344. The number of aromatic nitrogens is 4. The summed E-state index contributed by atoms with van der Waals surface area (Å²) in [5.74, 6) is 2.91. The lowest BCUT2D eigenvalue weighted by Gasteiger charge is -2.46. The second-order valence-corrected chi connectivity index (χ2v) is 8.88. The number of pyridine rings is 1. The van der Waals surface area contributed by atoms with E-state index < -0.39 is 0 Å². The first kappa shape index (κ1) is 17.6. The SMILES string of the molecule is C[C@@H]1c2oncc2C[C@]2(C)c3nc(-c4ccncc4)n(-c4ccccc4)c3CC[C@@H]12. The van der Waals surface area contributed by atoms with Crippen molar-refractivity contribution in [3.05, 3.63) is 83.8 Å². The second kappa shape index (κ2) is 6.39. The van der Waals surface area contributed by atoms with Crippen LogP contribution in [0.1, 0.15) is 48.9 Å². The molecule has 0 spiro atoms. The van der Waals surface area contributed by atoms with Crippen LogP contribution in [0.5, 0.6) is 0 Å².